The van der Waals surface area contributed by atoms with Crippen LogP contribution in [0.2, 0.25) is 0 Å². The molecule has 2 aromatic heterocycles. The van der Waals surface area contributed by atoms with E-state index in [1.807, 2.05) is 12.1 Å². The predicted molar refractivity (Wildman–Crippen MR) is 282 cm³/mol. The van der Waals surface area contributed by atoms with E-state index in [0.29, 0.717) is 0 Å². The lowest BCUT2D eigenvalue weighted by Gasteiger charge is -2.37. The average Bonchev–Trinajstić information content (AvgIpc) is 4.08. The van der Waals surface area contributed by atoms with Gasteiger partial charge in [-0.25, -0.2) is 0 Å². The van der Waals surface area contributed by atoms with Gasteiger partial charge < -0.3 is 13.7 Å². The van der Waals surface area contributed by atoms with E-state index in [2.05, 4.69) is 235 Å². The fraction of sp³-hybridized carbons (Fsp3) is 0.0462. The van der Waals surface area contributed by atoms with Gasteiger partial charge in [-0.3, -0.25) is 0 Å². The third kappa shape index (κ3) is 5.72. The van der Waals surface area contributed by atoms with Crippen LogP contribution < -0.4 is 4.90 Å². The minimum Gasteiger partial charge on any atom is -0.456 e. The first-order valence-corrected chi connectivity index (χ1v) is 23.6. The third-order valence-corrected chi connectivity index (χ3v) is 14.7. The number of benzene rings is 10. The number of fused-ring (bicyclic) bond motifs is 11. The molecule has 0 amide bonds. The van der Waals surface area contributed by atoms with E-state index in [0.717, 1.165) is 78.2 Å². The normalized spacial score (nSPS) is 15.0. The number of furan rings is 2. The zero-order chi connectivity index (χ0) is 44.8. The highest BCUT2D eigenvalue weighted by Crippen LogP contribution is 2.57. The fourth-order valence-electron chi connectivity index (χ4n) is 11.7. The number of anilines is 2. The second-order valence-corrected chi connectivity index (χ2v) is 18.2. The van der Waals surface area contributed by atoms with Crippen LogP contribution >= 0.6 is 0 Å². The Morgan fingerprint density at radius 3 is 1.91 bits per heavy atom. The van der Waals surface area contributed by atoms with Crippen LogP contribution in [0, 0.1) is 0 Å². The third-order valence-electron chi connectivity index (χ3n) is 14.7. The van der Waals surface area contributed by atoms with E-state index in [-0.39, 0.29) is 6.04 Å². The Morgan fingerprint density at radius 2 is 1.09 bits per heavy atom. The molecule has 0 saturated heterocycles. The lowest BCUT2D eigenvalue weighted by atomic mass is 9.67. The number of nitrogens with zero attached hydrogens (tertiary/aromatic N) is 1. The Labute approximate surface area is 394 Å². The monoisotopic (exact) mass is 869 g/mol. The van der Waals surface area contributed by atoms with Crippen molar-refractivity contribution in [2.24, 2.45) is 0 Å². The quantitative estimate of drug-likeness (QED) is 0.160. The first-order chi connectivity index (χ1) is 33.7. The Kier molecular flexibility index (Phi) is 8.63. The predicted octanol–water partition coefficient (Wildman–Crippen LogP) is 17.2. The van der Waals surface area contributed by atoms with E-state index < -0.39 is 5.41 Å². The van der Waals surface area contributed by atoms with Gasteiger partial charge in [0.25, 0.3) is 0 Å². The molecule has 12 aromatic rings. The fourth-order valence-corrected chi connectivity index (χ4v) is 11.7. The zero-order valence-electron chi connectivity index (χ0n) is 37.1. The van der Waals surface area contributed by atoms with Crippen LogP contribution in [0.1, 0.15) is 34.2 Å². The molecule has 2 aliphatic carbocycles. The van der Waals surface area contributed by atoms with E-state index in [9.17, 15) is 0 Å². The van der Waals surface area contributed by atoms with Gasteiger partial charge >= 0.3 is 0 Å². The lowest BCUT2D eigenvalue weighted by Crippen LogP contribution is -2.32. The minimum absolute atomic E-state index is 0.0121. The molecule has 3 heteroatoms. The van der Waals surface area contributed by atoms with E-state index in [1.165, 1.54) is 49.9 Å². The largest absolute Gasteiger partial charge is 0.456 e. The molecule has 0 saturated carbocycles. The van der Waals surface area contributed by atoms with Crippen LogP contribution in [0.4, 0.5) is 11.4 Å². The summed E-state index contributed by atoms with van der Waals surface area (Å²) in [4.78, 5) is 2.58. The van der Waals surface area contributed by atoms with Crippen molar-refractivity contribution < 1.29 is 8.83 Å². The summed E-state index contributed by atoms with van der Waals surface area (Å²) in [6.07, 6.45) is 7.93. The maximum Gasteiger partial charge on any atom is 0.143 e. The van der Waals surface area contributed by atoms with Crippen molar-refractivity contribution in [1.82, 2.24) is 0 Å². The number of allylic oxidation sites excluding steroid dienone is 2. The number of hydrogen-bond acceptors (Lipinski definition) is 3. The summed E-state index contributed by atoms with van der Waals surface area (Å²) in [7, 11) is 0. The average molecular weight is 870 g/mol. The van der Waals surface area contributed by atoms with Crippen LogP contribution in [0.15, 0.2) is 252 Å². The Bertz CT molecular complexity index is 3980. The molecular weight excluding hydrogens is 827 g/mol. The van der Waals surface area contributed by atoms with E-state index >= 15 is 0 Å². The van der Waals surface area contributed by atoms with Gasteiger partial charge in [0.1, 0.15) is 22.3 Å². The summed E-state index contributed by atoms with van der Waals surface area (Å²) in [6, 6.07) is 81.7. The van der Waals surface area contributed by atoms with Crippen LogP contribution in [-0.2, 0) is 5.41 Å². The molecule has 68 heavy (non-hydrogen) atoms. The molecule has 320 valence electrons. The molecule has 1 unspecified atom stereocenters. The highest BCUT2D eigenvalue weighted by atomic mass is 16.3. The van der Waals surface area contributed by atoms with Crippen molar-refractivity contribution in [2.45, 2.75) is 17.9 Å². The van der Waals surface area contributed by atoms with Crippen LogP contribution in [0.25, 0.3) is 82.5 Å². The zero-order valence-corrected chi connectivity index (χ0v) is 37.1. The summed E-state index contributed by atoms with van der Waals surface area (Å²) in [5, 5.41) is 6.80. The molecule has 14 rings (SSSR count). The van der Waals surface area contributed by atoms with Gasteiger partial charge in [0.15, 0.2) is 0 Å². The highest BCUT2D eigenvalue weighted by molar-refractivity contribution is 6.17. The number of hydrogen-bond donors (Lipinski definition) is 0. The number of para-hydroxylation sites is 3. The summed E-state index contributed by atoms with van der Waals surface area (Å²) in [5.74, 6) is 0. The lowest BCUT2D eigenvalue weighted by molar-refractivity contribution is 0.669. The van der Waals surface area contributed by atoms with Crippen molar-refractivity contribution in [1.29, 1.82) is 0 Å². The summed E-state index contributed by atoms with van der Waals surface area (Å²) < 4.78 is 13.2. The Balaban J connectivity index is 0.973. The molecule has 3 nitrogen and oxygen atoms in total. The number of rotatable bonds is 7. The summed E-state index contributed by atoms with van der Waals surface area (Å²) in [6.45, 7) is 0. The van der Waals surface area contributed by atoms with Gasteiger partial charge in [0.05, 0.1) is 11.5 Å². The standard InChI is InChI=1S/C65H43NO2/c1-3-17-45(18-4-1)65(46-19-5-2-6-20-46)58-27-12-9-22-50(58)51-38-36-48(41-59(51)65)66(47-34-30-42(31-35-47)44-33-39-62-57(40-44)53-24-11-14-29-61(53)67-62)60-28-13-10-23-52(60)54-25-15-26-55-56-37-32-43-16-7-8-21-49(43)63(56)68-64(54)55/h1-34,36-41,47H,35H2. The van der Waals surface area contributed by atoms with Crippen molar-refractivity contribution in [3.63, 3.8) is 0 Å². The van der Waals surface area contributed by atoms with Crippen molar-refractivity contribution in [3.8, 4) is 22.3 Å². The van der Waals surface area contributed by atoms with Crippen molar-refractivity contribution in [3.05, 3.63) is 271 Å². The van der Waals surface area contributed by atoms with E-state index in [4.69, 9.17) is 8.83 Å². The van der Waals surface area contributed by atoms with Crippen molar-refractivity contribution >= 4 is 71.6 Å². The summed E-state index contributed by atoms with van der Waals surface area (Å²) >= 11 is 0. The van der Waals surface area contributed by atoms with Gasteiger partial charge in [-0.2, -0.15) is 0 Å². The molecule has 10 aromatic carbocycles. The summed E-state index contributed by atoms with van der Waals surface area (Å²) in [5.41, 5.74) is 17.5. The second-order valence-electron chi connectivity index (χ2n) is 18.2. The smallest absolute Gasteiger partial charge is 0.143 e. The first-order valence-electron chi connectivity index (χ1n) is 23.6. The maximum absolute atomic E-state index is 7.02. The molecule has 0 radical (unpaired) electrons. The Hall–Kier alpha value is -8.66. The van der Waals surface area contributed by atoms with Crippen LogP contribution in [-0.4, -0.2) is 6.04 Å². The van der Waals surface area contributed by atoms with Crippen molar-refractivity contribution in [2.75, 3.05) is 4.90 Å². The minimum atomic E-state index is -0.538. The Morgan fingerprint density at radius 1 is 0.426 bits per heavy atom. The molecule has 2 heterocycles. The van der Waals surface area contributed by atoms with Gasteiger partial charge in [-0.15, -0.1) is 0 Å². The molecule has 0 fully saturated rings. The van der Waals surface area contributed by atoms with Crippen LogP contribution in [0.5, 0.6) is 0 Å². The van der Waals surface area contributed by atoms with Gasteiger partial charge in [0.2, 0.25) is 0 Å². The molecule has 0 aliphatic heterocycles. The topological polar surface area (TPSA) is 29.5 Å². The molecule has 2 aliphatic rings. The second kappa shape index (κ2) is 15.2. The van der Waals surface area contributed by atoms with E-state index in [1.54, 1.807) is 0 Å². The first kappa shape index (κ1) is 38.6. The molecule has 0 bridgehead atoms. The van der Waals surface area contributed by atoms with Gasteiger partial charge in [-0.1, -0.05) is 200 Å². The van der Waals surface area contributed by atoms with Crippen LogP contribution in [0.3, 0.4) is 0 Å². The molecule has 0 spiro atoms. The maximum atomic E-state index is 7.02. The molecule has 1 atom stereocenters. The molecular formula is C65H43NO2. The highest BCUT2D eigenvalue weighted by Gasteiger charge is 2.46. The SMILES string of the molecule is C1=CC(N(c2ccc3c(c2)C(c2ccccc2)(c2ccccc2)c2ccccc2-3)c2ccccc2-c2cccc3c2oc2c4ccccc4ccc32)CC=C1c1ccc2oc3ccccc3c2c1. The molecule has 0 N–H and O–H groups in total. The van der Waals surface area contributed by atoms with Gasteiger partial charge in [0, 0.05) is 49.4 Å². The van der Waals surface area contributed by atoms with Gasteiger partial charge in [-0.05, 0) is 98.8 Å².